The first-order valence-corrected chi connectivity index (χ1v) is 6.42. The van der Waals surface area contributed by atoms with Crippen LogP contribution < -0.4 is 0 Å². The van der Waals surface area contributed by atoms with Crippen molar-refractivity contribution in [2.24, 2.45) is 7.05 Å². The van der Waals surface area contributed by atoms with E-state index in [-0.39, 0.29) is 0 Å². The first-order valence-electron chi connectivity index (χ1n) is 5.26. The third-order valence-electron chi connectivity index (χ3n) is 2.75. The summed E-state index contributed by atoms with van der Waals surface area (Å²) in [5.74, 6) is 2.63. The van der Waals surface area contributed by atoms with Crippen molar-refractivity contribution in [3.8, 4) is 0 Å². The lowest BCUT2D eigenvalue weighted by molar-refractivity contribution is 0.281. The third-order valence-corrected chi connectivity index (χ3v) is 3.80. The maximum absolute atomic E-state index is 2.56. The van der Waals surface area contributed by atoms with Crippen molar-refractivity contribution in [1.82, 2.24) is 9.47 Å². The first kappa shape index (κ1) is 10.1. The van der Waals surface area contributed by atoms with Crippen LogP contribution in [0.3, 0.4) is 0 Å². The second-order valence-electron chi connectivity index (χ2n) is 3.85. The Bertz CT molecular complexity index is 275. The molecule has 0 N–H and O–H groups in total. The van der Waals surface area contributed by atoms with Crippen LogP contribution in [0.2, 0.25) is 0 Å². The second kappa shape index (κ2) is 4.89. The fourth-order valence-electron chi connectivity index (χ4n) is 1.85. The standard InChI is InChI=1S/C11H18N2S/c1-12-5-2-4-11(12)10-13-6-3-8-14-9-7-13/h2,4-5H,3,6-10H2,1H3. The van der Waals surface area contributed by atoms with Crippen molar-refractivity contribution >= 4 is 11.8 Å². The highest BCUT2D eigenvalue weighted by molar-refractivity contribution is 7.99. The Morgan fingerprint density at radius 2 is 2.29 bits per heavy atom. The van der Waals surface area contributed by atoms with Gasteiger partial charge in [-0.05, 0) is 30.9 Å². The lowest BCUT2D eigenvalue weighted by atomic mass is 10.3. The molecule has 3 heteroatoms. The minimum absolute atomic E-state index is 1.12. The lowest BCUT2D eigenvalue weighted by Gasteiger charge is -2.19. The van der Waals surface area contributed by atoms with Crippen LogP contribution in [0.4, 0.5) is 0 Å². The molecule has 1 saturated heterocycles. The van der Waals surface area contributed by atoms with Crippen molar-refractivity contribution in [2.45, 2.75) is 13.0 Å². The highest BCUT2D eigenvalue weighted by Crippen LogP contribution is 2.12. The predicted molar refractivity (Wildman–Crippen MR) is 62.6 cm³/mol. The quantitative estimate of drug-likeness (QED) is 0.737. The molecule has 1 aromatic heterocycles. The van der Waals surface area contributed by atoms with Gasteiger partial charge in [0.05, 0.1) is 0 Å². The Balaban J connectivity index is 1.92. The van der Waals surface area contributed by atoms with Crippen LogP contribution in [0.1, 0.15) is 12.1 Å². The van der Waals surface area contributed by atoms with Gasteiger partial charge in [-0.3, -0.25) is 4.90 Å². The maximum Gasteiger partial charge on any atom is 0.0387 e. The van der Waals surface area contributed by atoms with Crippen LogP contribution in [0.15, 0.2) is 18.3 Å². The Kier molecular flexibility index (Phi) is 3.54. The fourth-order valence-corrected chi connectivity index (χ4v) is 2.77. The molecule has 78 valence electrons. The topological polar surface area (TPSA) is 8.17 Å². The van der Waals surface area contributed by atoms with Crippen molar-refractivity contribution in [1.29, 1.82) is 0 Å². The van der Waals surface area contributed by atoms with Crippen molar-refractivity contribution in [3.63, 3.8) is 0 Å². The van der Waals surface area contributed by atoms with Gasteiger partial charge >= 0.3 is 0 Å². The van der Waals surface area contributed by atoms with E-state index in [0.717, 1.165) is 6.54 Å². The van der Waals surface area contributed by atoms with Gasteiger partial charge in [0.25, 0.3) is 0 Å². The summed E-state index contributed by atoms with van der Waals surface area (Å²) in [6, 6.07) is 4.35. The molecule has 0 atom stereocenters. The molecule has 2 nitrogen and oxygen atoms in total. The smallest absolute Gasteiger partial charge is 0.0387 e. The van der Waals surface area contributed by atoms with Crippen molar-refractivity contribution in [3.05, 3.63) is 24.0 Å². The van der Waals surface area contributed by atoms with E-state index in [9.17, 15) is 0 Å². The molecule has 0 aliphatic carbocycles. The summed E-state index contributed by atoms with van der Waals surface area (Å²) in [6.45, 7) is 3.62. The molecule has 1 aliphatic rings. The van der Waals surface area contributed by atoms with Crippen molar-refractivity contribution in [2.75, 3.05) is 24.6 Å². The third kappa shape index (κ3) is 2.55. The Morgan fingerprint density at radius 3 is 3.07 bits per heavy atom. The summed E-state index contributed by atoms with van der Waals surface area (Å²) < 4.78 is 2.22. The average Bonchev–Trinajstić information content (AvgIpc) is 2.44. The molecular weight excluding hydrogens is 192 g/mol. The maximum atomic E-state index is 2.56. The van der Waals surface area contributed by atoms with Gasteiger partial charge in [-0.2, -0.15) is 11.8 Å². The molecule has 1 fully saturated rings. The van der Waals surface area contributed by atoms with E-state index >= 15 is 0 Å². The van der Waals surface area contributed by atoms with Crippen LogP contribution in [0.25, 0.3) is 0 Å². The molecule has 0 unspecified atom stereocenters. The minimum Gasteiger partial charge on any atom is -0.353 e. The highest BCUT2D eigenvalue weighted by Gasteiger charge is 2.10. The van der Waals surface area contributed by atoms with Crippen molar-refractivity contribution < 1.29 is 0 Å². The van der Waals surface area contributed by atoms with Gasteiger partial charge in [0.15, 0.2) is 0 Å². The molecule has 1 aliphatic heterocycles. The Morgan fingerprint density at radius 1 is 1.36 bits per heavy atom. The van der Waals surface area contributed by atoms with Gasteiger partial charge in [-0.1, -0.05) is 0 Å². The molecule has 0 spiro atoms. The number of aryl methyl sites for hydroxylation is 1. The summed E-state index contributed by atoms with van der Waals surface area (Å²) in [4.78, 5) is 2.56. The number of thioether (sulfide) groups is 1. The fraction of sp³-hybridized carbons (Fsp3) is 0.636. The first-order chi connectivity index (χ1) is 6.86. The second-order valence-corrected chi connectivity index (χ2v) is 5.08. The number of rotatable bonds is 2. The minimum atomic E-state index is 1.12. The zero-order valence-corrected chi connectivity index (χ0v) is 9.59. The lowest BCUT2D eigenvalue weighted by Crippen LogP contribution is -2.26. The van der Waals surface area contributed by atoms with E-state index < -0.39 is 0 Å². The Labute approximate surface area is 90.3 Å². The zero-order chi connectivity index (χ0) is 9.80. The molecule has 0 bridgehead atoms. The van der Waals surface area contributed by atoms with Crippen LogP contribution in [-0.2, 0) is 13.6 Å². The molecular formula is C11H18N2S. The van der Waals surface area contributed by atoms with Gasteiger partial charge in [-0.25, -0.2) is 0 Å². The van der Waals surface area contributed by atoms with E-state index in [0.29, 0.717) is 0 Å². The van der Waals surface area contributed by atoms with Gasteiger partial charge in [0, 0.05) is 37.8 Å². The highest BCUT2D eigenvalue weighted by atomic mass is 32.2. The molecule has 0 radical (unpaired) electrons. The summed E-state index contributed by atoms with van der Waals surface area (Å²) in [6.07, 6.45) is 3.47. The van der Waals surface area contributed by atoms with E-state index in [1.807, 2.05) is 0 Å². The summed E-state index contributed by atoms with van der Waals surface area (Å²) in [7, 11) is 2.13. The van der Waals surface area contributed by atoms with Gasteiger partial charge in [0.2, 0.25) is 0 Å². The van der Waals surface area contributed by atoms with E-state index in [1.54, 1.807) is 0 Å². The molecule has 2 heterocycles. The Hall–Kier alpha value is -0.410. The average molecular weight is 210 g/mol. The van der Waals surface area contributed by atoms with Gasteiger partial charge in [0.1, 0.15) is 0 Å². The molecule has 0 amide bonds. The van der Waals surface area contributed by atoms with Crippen LogP contribution in [-0.4, -0.2) is 34.1 Å². The molecule has 0 aromatic carbocycles. The number of hydrogen-bond acceptors (Lipinski definition) is 2. The van der Waals surface area contributed by atoms with Crippen LogP contribution in [0.5, 0.6) is 0 Å². The van der Waals surface area contributed by atoms with Crippen LogP contribution >= 0.6 is 11.8 Å². The predicted octanol–water partition coefficient (Wildman–Crippen LogP) is 1.96. The number of hydrogen-bond donors (Lipinski definition) is 0. The van der Waals surface area contributed by atoms with Gasteiger partial charge in [-0.15, -0.1) is 0 Å². The SMILES string of the molecule is Cn1cccc1CN1CCCSCC1. The molecule has 0 saturated carbocycles. The van der Waals surface area contributed by atoms with Crippen LogP contribution in [0, 0.1) is 0 Å². The largest absolute Gasteiger partial charge is 0.353 e. The summed E-state index contributed by atoms with van der Waals surface area (Å²) >= 11 is 2.09. The zero-order valence-electron chi connectivity index (χ0n) is 8.78. The normalized spacial score (nSPS) is 19.5. The molecule has 2 rings (SSSR count). The number of aromatic nitrogens is 1. The molecule has 1 aromatic rings. The summed E-state index contributed by atoms with van der Waals surface area (Å²) in [5, 5.41) is 0. The van der Waals surface area contributed by atoms with E-state index in [4.69, 9.17) is 0 Å². The summed E-state index contributed by atoms with van der Waals surface area (Å²) in [5.41, 5.74) is 1.43. The molecule has 14 heavy (non-hydrogen) atoms. The number of nitrogens with zero attached hydrogens (tertiary/aromatic N) is 2. The monoisotopic (exact) mass is 210 g/mol. The van der Waals surface area contributed by atoms with E-state index in [2.05, 4.69) is 46.6 Å². The van der Waals surface area contributed by atoms with E-state index in [1.165, 1.54) is 36.7 Å². The van der Waals surface area contributed by atoms with Gasteiger partial charge < -0.3 is 4.57 Å².